The van der Waals surface area contributed by atoms with E-state index in [9.17, 15) is 0 Å². The van der Waals surface area contributed by atoms with Gasteiger partial charge in [0.2, 0.25) is 5.89 Å². The van der Waals surface area contributed by atoms with Crippen LogP contribution >= 0.6 is 0 Å². The number of oxazole rings is 1. The molecule has 3 aromatic rings. The molecule has 0 aliphatic carbocycles. The van der Waals surface area contributed by atoms with Crippen LogP contribution in [0.5, 0.6) is 0 Å². The summed E-state index contributed by atoms with van der Waals surface area (Å²) in [6, 6.07) is 11.5. The zero-order valence-electron chi connectivity index (χ0n) is 11.2. The van der Waals surface area contributed by atoms with Gasteiger partial charge in [0, 0.05) is 16.2 Å². The molecule has 0 atom stereocenters. The number of aromatic nitrogens is 1. The Labute approximate surface area is 115 Å². The highest BCUT2D eigenvalue weighted by molar-refractivity contribution is 5.82. The summed E-state index contributed by atoms with van der Waals surface area (Å²) in [5, 5.41) is 3.61. The summed E-state index contributed by atoms with van der Waals surface area (Å²) in [6.07, 6.45) is 0. The van der Waals surface area contributed by atoms with E-state index in [1.54, 1.807) is 12.1 Å². The van der Waals surface area contributed by atoms with Crippen molar-refractivity contribution in [1.29, 1.82) is 0 Å². The molecule has 0 amide bonds. The summed E-state index contributed by atoms with van der Waals surface area (Å²) in [5.74, 6) is 0.571. The van der Waals surface area contributed by atoms with Gasteiger partial charge in [-0.2, -0.15) is 0 Å². The molecule has 0 unspecified atom stereocenters. The Kier molecular flexibility index (Phi) is 2.89. The largest absolute Gasteiger partial charge is 0.436 e. The third kappa shape index (κ3) is 2.11. The maximum atomic E-state index is 8.51. The summed E-state index contributed by atoms with van der Waals surface area (Å²) < 4.78 is 5.81. The molecule has 0 spiro atoms. The Balaban J connectivity index is 2.17. The van der Waals surface area contributed by atoms with Gasteiger partial charge in [-0.25, -0.2) is 4.98 Å². The van der Waals surface area contributed by atoms with Crippen LogP contribution in [0.4, 0.5) is 5.69 Å². The van der Waals surface area contributed by atoms with Crippen LogP contribution in [0.15, 0.2) is 45.9 Å². The Morgan fingerprint density at radius 3 is 2.60 bits per heavy atom. The molecule has 0 saturated carbocycles. The topological polar surface area (TPSA) is 74.8 Å². The van der Waals surface area contributed by atoms with Gasteiger partial charge < -0.3 is 4.42 Å². The van der Waals surface area contributed by atoms with Gasteiger partial charge in [-0.3, -0.25) is 0 Å². The quantitative estimate of drug-likeness (QED) is 0.369. The molecule has 20 heavy (non-hydrogen) atoms. The van der Waals surface area contributed by atoms with E-state index in [-0.39, 0.29) is 0 Å². The molecule has 0 N–H and O–H groups in total. The Morgan fingerprint density at radius 2 is 1.90 bits per heavy atom. The smallest absolute Gasteiger partial charge is 0.227 e. The van der Waals surface area contributed by atoms with E-state index in [2.05, 4.69) is 15.0 Å². The molecule has 0 fully saturated rings. The van der Waals surface area contributed by atoms with Crippen molar-refractivity contribution in [2.24, 2.45) is 5.11 Å². The first-order chi connectivity index (χ1) is 9.67. The maximum Gasteiger partial charge on any atom is 0.227 e. The van der Waals surface area contributed by atoms with E-state index in [0.29, 0.717) is 17.1 Å². The average Bonchev–Trinajstić information content (AvgIpc) is 2.84. The fourth-order valence-electron chi connectivity index (χ4n) is 2.11. The highest BCUT2D eigenvalue weighted by Gasteiger charge is 2.11. The van der Waals surface area contributed by atoms with Crippen molar-refractivity contribution in [3.05, 3.63) is 58.0 Å². The lowest BCUT2D eigenvalue weighted by Crippen LogP contribution is -1.77. The van der Waals surface area contributed by atoms with Crippen molar-refractivity contribution in [3.8, 4) is 11.5 Å². The predicted octanol–water partition coefficient (Wildman–Crippen LogP) is 5.05. The third-order valence-corrected chi connectivity index (χ3v) is 3.12. The summed E-state index contributed by atoms with van der Waals surface area (Å²) in [5.41, 5.74) is 13.5. The normalized spacial score (nSPS) is 10.5. The second-order valence-corrected chi connectivity index (χ2v) is 4.69. The number of fused-ring (bicyclic) bond motifs is 1. The zero-order chi connectivity index (χ0) is 14.1. The minimum absolute atomic E-state index is 0.543. The fourth-order valence-corrected chi connectivity index (χ4v) is 2.11. The second-order valence-electron chi connectivity index (χ2n) is 4.69. The van der Waals surface area contributed by atoms with Crippen LogP contribution in [-0.2, 0) is 0 Å². The Hall–Kier alpha value is -2.78. The van der Waals surface area contributed by atoms with Gasteiger partial charge >= 0.3 is 0 Å². The van der Waals surface area contributed by atoms with Crippen molar-refractivity contribution in [2.75, 3.05) is 0 Å². The number of benzene rings is 2. The number of hydrogen-bond donors (Lipinski definition) is 0. The first-order valence-electron chi connectivity index (χ1n) is 6.21. The summed E-state index contributed by atoms with van der Waals surface area (Å²) in [6.45, 7) is 3.94. The number of aryl methyl sites for hydroxylation is 2. The molecule has 1 aromatic heterocycles. The molecule has 0 bridgehead atoms. The molecule has 0 radical (unpaired) electrons. The third-order valence-electron chi connectivity index (χ3n) is 3.12. The maximum absolute atomic E-state index is 8.51. The Bertz CT molecular complexity index is 827. The van der Waals surface area contributed by atoms with Crippen molar-refractivity contribution in [1.82, 2.24) is 4.98 Å². The lowest BCUT2D eigenvalue weighted by atomic mass is 10.1. The molecule has 3 rings (SSSR count). The number of nitrogens with zero attached hydrogens (tertiary/aromatic N) is 4. The first kappa shape index (κ1) is 12.3. The molecular formula is C15H12N4O. The second kappa shape index (κ2) is 4.72. The van der Waals surface area contributed by atoms with Gasteiger partial charge in [-0.05, 0) is 49.2 Å². The van der Waals surface area contributed by atoms with E-state index in [0.717, 1.165) is 16.7 Å². The standard InChI is InChI=1S/C15H12N4O/c1-9-3-5-11(6-4-9)15-17-13-8-12(18-19-16)7-10(2)14(13)20-15/h3-8H,1-2H3. The molecule has 1 heterocycles. The SMILES string of the molecule is Cc1ccc(-c2nc3cc(N=[N+]=[N-])cc(C)c3o2)cc1. The van der Waals surface area contributed by atoms with E-state index >= 15 is 0 Å². The zero-order valence-corrected chi connectivity index (χ0v) is 11.2. The van der Waals surface area contributed by atoms with E-state index in [1.165, 1.54) is 5.56 Å². The van der Waals surface area contributed by atoms with Crippen LogP contribution in [0.2, 0.25) is 0 Å². The highest BCUT2D eigenvalue weighted by Crippen LogP contribution is 2.30. The van der Waals surface area contributed by atoms with E-state index < -0.39 is 0 Å². The monoisotopic (exact) mass is 264 g/mol. The summed E-state index contributed by atoms with van der Waals surface area (Å²) >= 11 is 0. The molecule has 0 aliphatic rings. The van der Waals surface area contributed by atoms with Gasteiger partial charge in [0.1, 0.15) is 5.52 Å². The number of azide groups is 1. The van der Waals surface area contributed by atoms with Gasteiger partial charge in [0.15, 0.2) is 5.58 Å². The van der Waals surface area contributed by atoms with Crippen LogP contribution in [0.25, 0.3) is 33.0 Å². The Morgan fingerprint density at radius 1 is 1.15 bits per heavy atom. The lowest BCUT2D eigenvalue weighted by Gasteiger charge is -1.96. The summed E-state index contributed by atoms with van der Waals surface area (Å²) in [7, 11) is 0. The molecule has 98 valence electrons. The van der Waals surface area contributed by atoms with Crippen molar-refractivity contribution >= 4 is 16.8 Å². The molecule has 5 heteroatoms. The number of hydrogen-bond acceptors (Lipinski definition) is 3. The number of rotatable bonds is 2. The molecular weight excluding hydrogens is 252 g/mol. The van der Waals surface area contributed by atoms with Crippen LogP contribution in [0.3, 0.4) is 0 Å². The molecule has 5 nitrogen and oxygen atoms in total. The average molecular weight is 264 g/mol. The minimum atomic E-state index is 0.543. The molecule has 0 saturated heterocycles. The van der Waals surface area contributed by atoms with Crippen molar-refractivity contribution < 1.29 is 4.42 Å². The van der Waals surface area contributed by atoms with Crippen molar-refractivity contribution in [2.45, 2.75) is 13.8 Å². The highest BCUT2D eigenvalue weighted by atomic mass is 16.3. The summed E-state index contributed by atoms with van der Waals surface area (Å²) in [4.78, 5) is 7.26. The van der Waals surface area contributed by atoms with Gasteiger partial charge in [-0.1, -0.05) is 22.8 Å². The van der Waals surface area contributed by atoms with E-state index in [1.807, 2.05) is 38.1 Å². The van der Waals surface area contributed by atoms with Crippen LogP contribution in [-0.4, -0.2) is 4.98 Å². The molecule has 0 aliphatic heterocycles. The van der Waals surface area contributed by atoms with Crippen molar-refractivity contribution in [3.63, 3.8) is 0 Å². The molecule has 2 aromatic carbocycles. The van der Waals surface area contributed by atoms with Crippen LogP contribution in [0.1, 0.15) is 11.1 Å². The van der Waals surface area contributed by atoms with Crippen LogP contribution < -0.4 is 0 Å². The van der Waals surface area contributed by atoms with Gasteiger partial charge in [0.25, 0.3) is 0 Å². The first-order valence-corrected chi connectivity index (χ1v) is 6.21. The minimum Gasteiger partial charge on any atom is -0.436 e. The fraction of sp³-hybridized carbons (Fsp3) is 0.133. The lowest BCUT2D eigenvalue weighted by molar-refractivity contribution is 0.617. The predicted molar refractivity (Wildman–Crippen MR) is 77.7 cm³/mol. The van der Waals surface area contributed by atoms with Crippen LogP contribution in [0, 0.1) is 13.8 Å². The van der Waals surface area contributed by atoms with Gasteiger partial charge in [-0.15, -0.1) is 0 Å². The van der Waals surface area contributed by atoms with E-state index in [4.69, 9.17) is 9.95 Å². The van der Waals surface area contributed by atoms with Gasteiger partial charge in [0.05, 0.1) is 0 Å².